The largest absolute Gasteiger partial charge is 0.493 e. The van der Waals surface area contributed by atoms with Crippen LogP contribution in [-0.2, 0) is 4.74 Å². The van der Waals surface area contributed by atoms with Gasteiger partial charge in [0.15, 0.2) is 11.5 Å². The minimum Gasteiger partial charge on any atom is -0.493 e. The maximum absolute atomic E-state index is 5.96. The van der Waals surface area contributed by atoms with Gasteiger partial charge in [-0.25, -0.2) is 0 Å². The van der Waals surface area contributed by atoms with E-state index in [1.807, 2.05) is 13.2 Å². The summed E-state index contributed by atoms with van der Waals surface area (Å²) in [5.74, 6) is 1.52. The molecule has 1 N–H and O–H groups in total. The van der Waals surface area contributed by atoms with Crippen molar-refractivity contribution in [2.75, 3.05) is 27.9 Å². The summed E-state index contributed by atoms with van der Waals surface area (Å²) in [5.41, 5.74) is 1.08. The lowest BCUT2D eigenvalue weighted by molar-refractivity contribution is -0.0364. The molecule has 2 rings (SSSR count). The predicted molar refractivity (Wildman–Crippen MR) is 84.2 cm³/mol. The van der Waals surface area contributed by atoms with E-state index in [2.05, 4.69) is 24.4 Å². The second kappa shape index (κ2) is 7.14. The van der Waals surface area contributed by atoms with Crippen molar-refractivity contribution in [1.82, 2.24) is 5.32 Å². The average molecular weight is 293 g/mol. The fraction of sp³-hybridized carbons (Fsp3) is 0.647. The molecule has 0 amide bonds. The smallest absolute Gasteiger partial charge is 0.161 e. The van der Waals surface area contributed by atoms with Crippen LogP contribution in [0.5, 0.6) is 11.5 Å². The van der Waals surface area contributed by atoms with E-state index < -0.39 is 0 Å². The molecule has 1 aromatic rings. The van der Waals surface area contributed by atoms with Crippen molar-refractivity contribution >= 4 is 0 Å². The maximum atomic E-state index is 5.96. The van der Waals surface area contributed by atoms with E-state index in [9.17, 15) is 0 Å². The molecule has 0 aliphatic heterocycles. The van der Waals surface area contributed by atoms with Gasteiger partial charge >= 0.3 is 0 Å². The lowest BCUT2D eigenvalue weighted by Crippen LogP contribution is -2.43. The highest BCUT2D eigenvalue weighted by molar-refractivity contribution is 5.44. The number of benzene rings is 1. The van der Waals surface area contributed by atoms with Crippen LogP contribution in [-0.4, -0.2) is 33.5 Å². The van der Waals surface area contributed by atoms with Crippen LogP contribution in [0.25, 0.3) is 0 Å². The first kappa shape index (κ1) is 16.1. The molecule has 0 bridgehead atoms. The number of methoxy groups -OCH3 is 3. The number of hydrogen-bond donors (Lipinski definition) is 1. The Balaban J connectivity index is 2.38. The Kier molecular flexibility index (Phi) is 5.48. The van der Waals surface area contributed by atoms with Gasteiger partial charge in [-0.2, -0.15) is 0 Å². The third-order valence-corrected chi connectivity index (χ3v) is 4.53. The molecule has 1 fully saturated rings. The lowest BCUT2D eigenvalue weighted by Gasteiger charge is -2.37. The Morgan fingerprint density at radius 1 is 1.10 bits per heavy atom. The molecule has 0 spiro atoms. The summed E-state index contributed by atoms with van der Waals surface area (Å²) in [6, 6.07) is 6.31. The third kappa shape index (κ3) is 3.16. The second-order valence-corrected chi connectivity index (χ2v) is 5.58. The number of ether oxygens (including phenoxy) is 3. The predicted octanol–water partition coefficient (Wildman–Crippen LogP) is 3.31. The summed E-state index contributed by atoms with van der Waals surface area (Å²) < 4.78 is 16.7. The van der Waals surface area contributed by atoms with Gasteiger partial charge in [0, 0.05) is 7.11 Å². The average Bonchev–Trinajstić information content (AvgIpc) is 3.02. The van der Waals surface area contributed by atoms with Crippen molar-refractivity contribution in [3.8, 4) is 11.5 Å². The molecular weight excluding hydrogens is 266 g/mol. The Hall–Kier alpha value is -1.26. The van der Waals surface area contributed by atoms with Gasteiger partial charge in [-0.3, -0.25) is 0 Å². The van der Waals surface area contributed by atoms with Crippen molar-refractivity contribution < 1.29 is 14.2 Å². The van der Waals surface area contributed by atoms with Crippen molar-refractivity contribution in [3.63, 3.8) is 0 Å². The highest BCUT2D eigenvalue weighted by Crippen LogP contribution is 2.44. The molecule has 1 aromatic carbocycles. The summed E-state index contributed by atoms with van der Waals surface area (Å²) in [5, 5.41) is 3.60. The van der Waals surface area contributed by atoms with Crippen LogP contribution in [0.2, 0.25) is 0 Å². The molecule has 118 valence electrons. The molecule has 1 aliphatic rings. The van der Waals surface area contributed by atoms with E-state index in [1.54, 1.807) is 14.2 Å². The first-order valence-electron chi connectivity index (χ1n) is 7.71. The molecule has 1 atom stereocenters. The number of likely N-dealkylation sites (N-methyl/N-ethyl adjacent to an activating group) is 1. The minimum atomic E-state index is -0.115. The van der Waals surface area contributed by atoms with Crippen LogP contribution >= 0.6 is 0 Å². The molecule has 4 heteroatoms. The Morgan fingerprint density at radius 2 is 1.76 bits per heavy atom. The molecule has 0 aromatic heterocycles. The molecule has 0 saturated heterocycles. The normalized spacial score (nSPS) is 18.5. The first-order valence-corrected chi connectivity index (χ1v) is 7.71. The van der Waals surface area contributed by atoms with Gasteiger partial charge in [0.1, 0.15) is 0 Å². The van der Waals surface area contributed by atoms with Crippen LogP contribution in [0.1, 0.15) is 44.2 Å². The summed E-state index contributed by atoms with van der Waals surface area (Å²) >= 11 is 0. The highest BCUT2D eigenvalue weighted by Gasteiger charge is 2.42. The van der Waals surface area contributed by atoms with Crippen LogP contribution in [0.3, 0.4) is 0 Å². The van der Waals surface area contributed by atoms with Gasteiger partial charge in [-0.1, -0.05) is 25.8 Å². The van der Waals surface area contributed by atoms with E-state index in [0.717, 1.165) is 30.9 Å². The molecule has 0 radical (unpaired) electrons. The molecule has 1 unspecified atom stereocenters. The van der Waals surface area contributed by atoms with Crippen molar-refractivity contribution in [2.24, 2.45) is 0 Å². The monoisotopic (exact) mass is 293 g/mol. The zero-order valence-corrected chi connectivity index (χ0v) is 13.6. The first-order chi connectivity index (χ1) is 10.2. The summed E-state index contributed by atoms with van der Waals surface area (Å²) in [4.78, 5) is 0. The number of hydrogen-bond acceptors (Lipinski definition) is 4. The molecular formula is C17H27NO3. The molecule has 21 heavy (non-hydrogen) atoms. The van der Waals surface area contributed by atoms with Gasteiger partial charge in [0.2, 0.25) is 0 Å². The fourth-order valence-corrected chi connectivity index (χ4v) is 3.43. The number of nitrogens with one attached hydrogen (secondary N) is 1. The fourth-order valence-electron chi connectivity index (χ4n) is 3.43. The number of rotatable bonds is 7. The van der Waals surface area contributed by atoms with Crippen LogP contribution in [0, 0.1) is 0 Å². The van der Waals surface area contributed by atoms with Crippen molar-refractivity contribution in [2.45, 2.75) is 44.2 Å². The molecule has 1 saturated carbocycles. The van der Waals surface area contributed by atoms with Crippen LogP contribution in [0.4, 0.5) is 0 Å². The van der Waals surface area contributed by atoms with E-state index in [-0.39, 0.29) is 11.6 Å². The molecule has 4 nitrogen and oxygen atoms in total. The van der Waals surface area contributed by atoms with Crippen molar-refractivity contribution in [1.29, 1.82) is 0 Å². The van der Waals surface area contributed by atoms with E-state index in [1.165, 1.54) is 18.4 Å². The SMILES string of the molecule is CCNC(c1ccc(OC)c(OC)c1)C1(OC)CCCC1. The second-order valence-electron chi connectivity index (χ2n) is 5.58. The zero-order valence-electron chi connectivity index (χ0n) is 13.6. The van der Waals surface area contributed by atoms with E-state index in [4.69, 9.17) is 14.2 Å². The van der Waals surface area contributed by atoms with Gasteiger partial charge < -0.3 is 19.5 Å². The zero-order chi connectivity index (χ0) is 15.3. The standard InChI is InChI=1S/C17H27NO3/c1-5-18-16(17(21-4)10-6-7-11-17)13-8-9-14(19-2)15(12-13)20-3/h8-9,12,16,18H,5-7,10-11H2,1-4H3. The van der Waals surface area contributed by atoms with Crippen LogP contribution < -0.4 is 14.8 Å². The summed E-state index contributed by atoms with van der Waals surface area (Å²) in [6.07, 6.45) is 4.64. The van der Waals surface area contributed by atoms with Crippen molar-refractivity contribution in [3.05, 3.63) is 23.8 Å². The quantitative estimate of drug-likeness (QED) is 0.837. The topological polar surface area (TPSA) is 39.7 Å². The van der Waals surface area contributed by atoms with E-state index >= 15 is 0 Å². The highest BCUT2D eigenvalue weighted by atomic mass is 16.5. The van der Waals surface area contributed by atoms with Crippen LogP contribution in [0.15, 0.2) is 18.2 Å². The molecule has 0 heterocycles. The van der Waals surface area contributed by atoms with Gasteiger partial charge in [0.25, 0.3) is 0 Å². The Morgan fingerprint density at radius 3 is 2.29 bits per heavy atom. The van der Waals surface area contributed by atoms with Gasteiger partial charge in [-0.15, -0.1) is 0 Å². The maximum Gasteiger partial charge on any atom is 0.161 e. The molecule has 1 aliphatic carbocycles. The lowest BCUT2D eigenvalue weighted by atomic mass is 9.86. The third-order valence-electron chi connectivity index (χ3n) is 4.53. The van der Waals surface area contributed by atoms with Gasteiger partial charge in [0.05, 0.1) is 25.9 Å². The summed E-state index contributed by atoms with van der Waals surface area (Å²) in [6.45, 7) is 3.04. The Labute approximate surface area is 127 Å². The van der Waals surface area contributed by atoms with Gasteiger partial charge in [-0.05, 0) is 37.1 Å². The minimum absolute atomic E-state index is 0.115. The van der Waals surface area contributed by atoms with E-state index in [0.29, 0.717) is 0 Å². The summed E-state index contributed by atoms with van der Waals surface area (Å²) in [7, 11) is 5.16. The Bertz CT molecular complexity index is 455.